The monoisotopic (exact) mass is 513 g/mol. The molecule has 4 rings (SSSR count). The summed E-state index contributed by atoms with van der Waals surface area (Å²) in [5.41, 5.74) is 9.17. The number of hydrogen-bond acceptors (Lipinski definition) is 7. The second-order valence-electron chi connectivity index (χ2n) is 9.20. The number of nitrogen functional groups attached to an aromatic ring is 1. The van der Waals surface area contributed by atoms with E-state index in [1.54, 1.807) is 24.4 Å². The standard InChI is InChI=1S/C29H35N7O2/c1-2-31-28-24(29(38)32-16-19-36-17-4-3-5-18-36)12-13-25(35-28)22-8-10-23(11-9-22)34-27(37)15-7-21-6-14-26(30)33-20-21/h6-15,20H,2-5,16-19H2,1H3,(H2,30,33)(H,31,35)(H,32,38)(H,34,37)/b15-7+. The van der Waals surface area contributed by atoms with Gasteiger partial charge in [0.1, 0.15) is 11.6 Å². The van der Waals surface area contributed by atoms with Gasteiger partial charge in [-0.3, -0.25) is 9.59 Å². The van der Waals surface area contributed by atoms with Gasteiger partial charge < -0.3 is 26.6 Å². The van der Waals surface area contributed by atoms with Crippen LogP contribution in [-0.2, 0) is 4.79 Å². The highest BCUT2D eigenvalue weighted by Crippen LogP contribution is 2.24. The van der Waals surface area contributed by atoms with Gasteiger partial charge in [-0.1, -0.05) is 18.6 Å². The Morgan fingerprint density at radius 2 is 1.82 bits per heavy atom. The predicted molar refractivity (Wildman–Crippen MR) is 153 cm³/mol. The summed E-state index contributed by atoms with van der Waals surface area (Å²) in [5, 5.41) is 9.10. The molecule has 3 aromatic rings. The highest BCUT2D eigenvalue weighted by Gasteiger charge is 2.15. The van der Waals surface area contributed by atoms with Crippen LogP contribution in [0.4, 0.5) is 17.3 Å². The molecule has 1 aliphatic heterocycles. The second-order valence-corrected chi connectivity index (χ2v) is 9.20. The zero-order valence-corrected chi connectivity index (χ0v) is 21.7. The summed E-state index contributed by atoms with van der Waals surface area (Å²) in [6.07, 6.45) is 8.49. The molecule has 0 saturated carbocycles. The van der Waals surface area contributed by atoms with Gasteiger partial charge in [-0.25, -0.2) is 9.97 Å². The number of carbonyl (C=O) groups excluding carboxylic acids is 2. The number of nitrogens with zero attached hydrogens (tertiary/aromatic N) is 3. The van der Waals surface area contributed by atoms with Crippen molar-refractivity contribution in [2.75, 3.05) is 49.1 Å². The Bertz CT molecular complexity index is 1250. The molecule has 0 aliphatic carbocycles. The average Bonchev–Trinajstić information content (AvgIpc) is 2.94. The Morgan fingerprint density at radius 1 is 1.03 bits per heavy atom. The first-order valence-electron chi connectivity index (χ1n) is 13.1. The summed E-state index contributed by atoms with van der Waals surface area (Å²) in [6.45, 7) is 6.32. The molecule has 198 valence electrons. The maximum atomic E-state index is 12.9. The van der Waals surface area contributed by atoms with E-state index in [9.17, 15) is 9.59 Å². The highest BCUT2D eigenvalue weighted by atomic mass is 16.2. The zero-order valence-electron chi connectivity index (χ0n) is 21.7. The molecule has 5 N–H and O–H groups in total. The Hall–Kier alpha value is -4.24. The summed E-state index contributed by atoms with van der Waals surface area (Å²) >= 11 is 0. The average molecular weight is 514 g/mol. The first-order valence-corrected chi connectivity index (χ1v) is 13.1. The number of likely N-dealkylation sites (tertiary alicyclic amines) is 1. The Balaban J connectivity index is 1.36. The van der Waals surface area contributed by atoms with E-state index < -0.39 is 0 Å². The number of pyridine rings is 2. The third-order valence-corrected chi connectivity index (χ3v) is 6.33. The summed E-state index contributed by atoms with van der Waals surface area (Å²) in [4.78, 5) is 36.3. The van der Waals surface area contributed by atoms with Crippen LogP contribution >= 0.6 is 0 Å². The molecule has 1 saturated heterocycles. The minimum absolute atomic E-state index is 0.127. The minimum atomic E-state index is -0.252. The maximum Gasteiger partial charge on any atom is 0.255 e. The second kappa shape index (κ2) is 13.3. The van der Waals surface area contributed by atoms with E-state index in [1.165, 1.54) is 25.3 Å². The highest BCUT2D eigenvalue weighted by molar-refractivity contribution is 6.02. The van der Waals surface area contributed by atoms with Gasteiger partial charge in [0.15, 0.2) is 0 Å². The van der Waals surface area contributed by atoms with Crippen molar-refractivity contribution in [3.63, 3.8) is 0 Å². The van der Waals surface area contributed by atoms with Gasteiger partial charge in [-0.15, -0.1) is 0 Å². The molecule has 1 aromatic carbocycles. The van der Waals surface area contributed by atoms with Crippen LogP contribution in [0.2, 0.25) is 0 Å². The van der Waals surface area contributed by atoms with Crippen LogP contribution in [0, 0.1) is 0 Å². The number of anilines is 3. The summed E-state index contributed by atoms with van der Waals surface area (Å²) in [7, 11) is 0. The maximum absolute atomic E-state index is 12.9. The fraction of sp³-hybridized carbons (Fsp3) is 0.310. The van der Waals surface area contributed by atoms with Crippen LogP contribution in [0.3, 0.4) is 0 Å². The molecule has 9 heteroatoms. The van der Waals surface area contributed by atoms with Crippen LogP contribution in [-0.4, -0.2) is 59.4 Å². The third-order valence-electron chi connectivity index (χ3n) is 6.33. The van der Waals surface area contributed by atoms with Crippen molar-refractivity contribution in [3.05, 3.63) is 71.9 Å². The van der Waals surface area contributed by atoms with Crippen LogP contribution in [0.25, 0.3) is 17.3 Å². The smallest absolute Gasteiger partial charge is 0.255 e. The van der Waals surface area contributed by atoms with Gasteiger partial charge in [0.05, 0.1) is 11.3 Å². The van der Waals surface area contributed by atoms with Gasteiger partial charge >= 0.3 is 0 Å². The Morgan fingerprint density at radius 3 is 2.53 bits per heavy atom. The van der Waals surface area contributed by atoms with E-state index in [0.717, 1.165) is 36.5 Å². The van der Waals surface area contributed by atoms with Crippen LogP contribution < -0.4 is 21.7 Å². The molecule has 1 aliphatic rings. The first-order chi connectivity index (χ1) is 18.5. The molecular formula is C29H35N7O2. The summed E-state index contributed by atoms with van der Waals surface area (Å²) in [6, 6.07) is 14.5. The Kier molecular flexibility index (Phi) is 9.42. The quantitative estimate of drug-likeness (QED) is 0.302. The van der Waals surface area contributed by atoms with E-state index in [4.69, 9.17) is 10.7 Å². The van der Waals surface area contributed by atoms with Crippen molar-refractivity contribution >= 4 is 35.2 Å². The molecule has 2 amide bonds. The topological polar surface area (TPSA) is 125 Å². The lowest BCUT2D eigenvalue weighted by Crippen LogP contribution is -2.37. The normalized spacial score (nSPS) is 13.8. The number of amides is 2. The van der Waals surface area contributed by atoms with Crippen molar-refractivity contribution in [2.24, 2.45) is 0 Å². The predicted octanol–water partition coefficient (Wildman–Crippen LogP) is 4.03. The SMILES string of the molecule is CCNc1nc(-c2ccc(NC(=O)/C=C/c3ccc(N)nc3)cc2)ccc1C(=O)NCCN1CCCCC1. The number of aromatic nitrogens is 2. The first kappa shape index (κ1) is 26.8. The molecule has 38 heavy (non-hydrogen) atoms. The number of piperidine rings is 1. The van der Waals surface area contributed by atoms with Crippen LogP contribution in [0.1, 0.15) is 42.1 Å². The molecule has 0 radical (unpaired) electrons. The molecule has 3 heterocycles. The van der Waals surface area contributed by atoms with E-state index in [0.29, 0.717) is 36.0 Å². The van der Waals surface area contributed by atoms with E-state index in [1.807, 2.05) is 43.3 Å². The van der Waals surface area contributed by atoms with Gasteiger partial charge in [0.2, 0.25) is 5.91 Å². The van der Waals surface area contributed by atoms with Gasteiger partial charge in [0.25, 0.3) is 5.91 Å². The lowest BCUT2D eigenvalue weighted by Gasteiger charge is -2.26. The molecule has 0 spiro atoms. The van der Waals surface area contributed by atoms with Crippen molar-refractivity contribution in [1.29, 1.82) is 0 Å². The lowest BCUT2D eigenvalue weighted by molar-refractivity contribution is -0.111. The zero-order chi connectivity index (χ0) is 26.7. The number of benzene rings is 1. The van der Waals surface area contributed by atoms with Crippen molar-refractivity contribution in [1.82, 2.24) is 20.2 Å². The van der Waals surface area contributed by atoms with Crippen molar-refractivity contribution in [3.8, 4) is 11.3 Å². The molecule has 0 bridgehead atoms. The van der Waals surface area contributed by atoms with Crippen LogP contribution in [0.15, 0.2) is 60.8 Å². The van der Waals surface area contributed by atoms with Crippen molar-refractivity contribution in [2.45, 2.75) is 26.2 Å². The number of hydrogen-bond donors (Lipinski definition) is 4. The van der Waals surface area contributed by atoms with E-state index in [2.05, 4.69) is 25.8 Å². The largest absolute Gasteiger partial charge is 0.384 e. The third kappa shape index (κ3) is 7.63. The summed E-state index contributed by atoms with van der Waals surface area (Å²) in [5.74, 6) is 0.607. The van der Waals surface area contributed by atoms with E-state index >= 15 is 0 Å². The number of nitrogens with one attached hydrogen (secondary N) is 3. The molecular weight excluding hydrogens is 478 g/mol. The van der Waals surface area contributed by atoms with Gasteiger partial charge in [-0.05, 0) is 80.9 Å². The fourth-order valence-corrected chi connectivity index (χ4v) is 4.31. The summed E-state index contributed by atoms with van der Waals surface area (Å²) < 4.78 is 0. The van der Waals surface area contributed by atoms with Gasteiger partial charge in [-0.2, -0.15) is 0 Å². The molecule has 2 aromatic heterocycles. The minimum Gasteiger partial charge on any atom is -0.384 e. The van der Waals surface area contributed by atoms with Crippen molar-refractivity contribution < 1.29 is 9.59 Å². The number of nitrogens with two attached hydrogens (primary N) is 1. The van der Waals surface area contributed by atoms with E-state index in [-0.39, 0.29) is 11.8 Å². The molecule has 9 nitrogen and oxygen atoms in total. The molecule has 1 fully saturated rings. The molecule has 0 atom stereocenters. The Labute approximate surface area is 223 Å². The van der Waals surface area contributed by atoms with Crippen LogP contribution in [0.5, 0.6) is 0 Å². The molecule has 0 unspecified atom stereocenters. The number of rotatable bonds is 10. The van der Waals surface area contributed by atoms with Gasteiger partial charge in [0, 0.05) is 43.2 Å². The lowest BCUT2D eigenvalue weighted by atomic mass is 10.1. The fourth-order valence-electron chi connectivity index (χ4n) is 4.31. The number of carbonyl (C=O) groups is 2.